The Morgan fingerprint density at radius 2 is 2.00 bits per heavy atom. The van der Waals surface area contributed by atoms with Crippen LogP contribution in [0.4, 0.5) is 11.4 Å². The molecule has 16 heavy (non-hydrogen) atoms. The van der Waals surface area contributed by atoms with Gasteiger partial charge in [-0.15, -0.1) is 0 Å². The van der Waals surface area contributed by atoms with Crippen LogP contribution in [0.25, 0.3) is 0 Å². The van der Waals surface area contributed by atoms with Gasteiger partial charge < -0.3 is 10.6 Å². The van der Waals surface area contributed by atoms with E-state index >= 15 is 0 Å². The lowest BCUT2D eigenvalue weighted by Crippen LogP contribution is -2.28. The topological polar surface area (TPSA) is 29.3 Å². The number of hydrogen-bond acceptors (Lipinski definition) is 2. The molecule has 2 fully saturated rings. The summed E-state index contributed by atoms with van der Waals surface area (Å²) in [7, 11) is 0. The van der Waals surface area contributed by atoms with E-state index in [0.717, 1.165) is 17.6 Å². The van der Waals surface area contributed by atoms with Crippen LogP contribution < -0.4 is 10.6 Å². The maximum atomic E-state index is 6.00. The quantitative estimate of drug-likeness (QED) is 0.784. The summed E-state index contributed by atoms with van der Waals surface area (Å²) < 4.78 is 0. The first-order valence-electron chi connectivity index (χ1n) is 6.37. The number of rotatable bonds is 4. The fourth-order valence-electron chi connectivity index (χ4n) is 2.36. The minimum atomic E-state index is 0.793. The van der Waals surface area contributed by atoms with Crippen LogP contribution in [-0.4, -0.2) is 12.6 Å². The molecular weight excluding hydrogens is 196 g/mol. The van der Waals surface area contributed by atoms with Crippen LogP contribution in [0.5, 0.6) is 0 Å². The third-order valence-corrected chi connectivity index (χ3v) is 3.80. The molecule has 2 heteroatoms. The summed E-state index contributed by atoms with van der Waals surface area (Å²) in [5.41, 5.74) is 9.56. The highest BCUT2D eigenvalue weighted by molar-refractivity contribution is 5.65. The van der Waals surface area contributed by atoms with Crippen molar-refractivity contribution in [1.82, 2.24) is 0 Å². The Kier molecular flexibility index (Phi) is 2.31. The first kappa shape index (κ1) is 10.0. The highest BCUT2D eigenvalue weighted by Crippen LogP contribution is 2.39. The minimum absolute atomic E-state index is 0.793. The van der Waals surface area contributed by atoms with Crippen molar-refractivity contribution in [2.24, 2.45) is 5.92 Å². The van der Waals surface area contributed by atoms with E-state index in [0.29, 0.717) is 0 Å². The standard InChI is InChI=1S/C14H20N2/c1-10-13(15)3-2-4-14(10)16(12-7-8-12)9-11-5-6-11/h2-4,11-12H,5-9,15H2,1H3. The average Bonchev–Trinajstić information content (AvgIpc) is 3.14. The summed E-state index contributed by atoms with van der Waals surface area (Å²) in [6.45, 7) is 3.39. The van der Waals surface area contributed by atoms with Gasteiger partial charge in [0.15, 0.2) is 0 Å². The highest BCUT2D eigenvalue weighted by atomic mass is 15.2. The molecule has 2 aliphatic carbocycles. The van der Waals surface area contributed by atoms with Gasteiger partial charge in [-0.05, 0) is 56.2 Å². The summed E-state index contributed by atoms with van der Waals surface area (Å²) in [5.74, 6) is 0.946. The van der Waals surface area contributed by atoms with Gasteiger partial charge in [0.25, 0.3) is 0 Å². The molecule has 2 nitrogen and oxygen atoms in total. The van der Waals surface area contributed by atoms with Crippen molar-refractivity contribution in [3.05, 3.63) is 23.8 Å². The van der Waals surface area contributed by atoms with Gasteiger partial charge in [0.1, 0.15) is 0 Å². The Morgan fingerprint density at radius 1 is 1.25 bits per heavy atom. The summed E-state index contributed by atoms with van der Waals surface area (Å²) in [4.78, 5) is 2.60. The summed E-state index contributed by atoms with van der Waals surface area (Å²) in [6, 6.07) is 7.11. The van der Waals surface area contributed by atoms with E-state index in [1.807, 2.05) is 6.07 Å². The van der Waals surface area contributed by atoms with Crippen LogP contribution in [0.15, 0.2) is 18.2 Å². The molecule has 3 rings (SSSR count). The van der Waals surface area contributed by atoms with Crippen molar-refractivity contribution in [2.45, 2.75) is 38.6 Å². The molecule has 0 spiro atoms. The molecule has 0 radical (unpaired) electrons. The zero-order chi connectivity index (χ0) is 11.1. The molecule has 2 aliphatic rings. The maximum Gasteiger partial charge on any atom is 0.0419 e. The van der Waals surface area contributed by atoms with Gasteiger partial charge in [0.2, 0.25) is 0 Å². The van der Waals surface area contributed by atoms with Crippen LogP contribution in [0.1, 0.15) is 31.2 Å². The molecule has 0 saturated heterocycles. The first-order valence-corrected chi connectivity index (χ1v) is 6.37. The van der Waals surface area contributed by atoms with Crippen molar-refractivity contribution in [1.29, 1.82) is 0 Å². The molecule has 0 atom stereocenters. The van der Waals surface area contributed by atoms with E-state index < -0.39 is 0 Å². The Morgan fingerprint density at radius 3 is 2.62 bits per heavy atom. The van der Waals surface area contributed by atoms with Gasteiger partial charge in [-0.2, -0.15) is 0 Å². The normalized spacial score (nSPS) is 19.8. The van der Waals surface area contributed by atoms with Gasteiger partial charge in [0, 0.05) is 24.0 Å². The van der Waals surface area contributed by atoms with Gasteiger partial charge in [-0.1, -0.05) is 6.07 Å². The smallest absolute Gasteiger partial charge is 0.0419 e. The van der Waals surface area contributed by atoms with E-state index in [1.165, 1.54) is 43.5 Å². The fraction of sp³-hybridized carbons (Fsp3) is 0.571. The van der Waals surface area contributed by atoms with Crippen molar-refractivity contribution >= 4 is 11.4 Å². The molecule has 0 aromatic heterocycles. The number of nitrogens with two attached hydrogens (primary N) is 1. The number of benzene rings is 1. The van der Waals surface area contributed by atoms with Crippen molar-refractivity contribution in [2.75, 3.05) is 17.2 Å². The van der Waals surface area contributed by atoms with Crippen LogP contribution >= 0.6 is 0 Å². The predicted molar refractivity (Wildman–Crippen MR) is 68.7 cm³/mol. The molecule has 1 aromatic carbocycles. The summed E-state index contributed by atoms with van der Waals surface area (Å²) in [6.07, 6.45) is 5.57. The number of hydrogen-bond donors (Lipinski definition) is 1. The van der Waals surface area contributed by atoms with E-state index in [1.54, 1.807) is 0 Å². The lowest BCUT2D eigenvalue weighted by Gasteiger charge is -2.27. The first-order chi connectivity index (χ1) is 7.75. The fourth-order valence-corrected chi connectivity index (χ4v) is 2.36. The van der Waals surface area contributed by atoms with Crippen LogP contribution in [-0.2, 0) is 0 Å². The number of nitrogens with zero attached hydrogens (tertiary/aromatic N) is 1. The molecule has 2 N–H and O–H groups in total. The summed E-state index contributed by atoms with van der Waals surface area (Å²) >= 11 is 0. The number of nitrogen functional groups attached to an aromatic ring is 1. The Hall–Kier alpha value is -1.18. The zero-order valence-corrected chi connectivity index (χ0v) is 9.95. The average molecular weight is 216 g/mol. The van der Waals surface area contributed by atoms with Crippen molar-refractivity contribution < 1.29 is 0 Å². The molecule has 0 amide bonds. The Balaban J connectivity index is 1.88. The largest absolute Gasteiger partial charge is 0.398 e. The van der Waals surface area contributed by atoms with E-state index in [-0.39, 0.29) is 0 Å². The molecule has 86 valence electrons. The minimum Gasteiger partial charge on any atom is -0.398 e. The summed E-state index contributed by atoms with van der Waals surface area (Å²) in [5, 5.41) is 0. The van der Waals surface area contributed by atoms with Crippen LogP contribution in [0.3, 0.4) is 0 Å². The lowest BCUT2D eigenvalue weighted by atomic mass is 10.1. The van der Waals surface area contributed by atoms with Gasteiger partial charge in [0.05, 0.1) is 0 Å². The van der Waals surface area contributed by atoms with Crippen molar-refractivity contribution in [3.63, 3.8) is 0 Å². The molecule has 0 aliphatic heterocycles. The van der Waals surface area contributed by atoms with Gasteiger partial charge in [-0.3, -0.25) is 0 Å². The van der Waals surface area contributed by atoms with Crippen LogP contribution in [0.2, 0.25) is 0 Å². The van der Waals surface area contributed by atoms with E-state index in [4.69, 9.17) is 5.73 Å². The van der Waals surface area contributed by atoms with Gasteiger partial charge >= 0.3 is 0 Å². The second-order valence-corrected chi connectivity index (χ2v) is 5.32. The second kappa shape index (κ2) is 3.69. The Bertz CT molecular complexity index is 392. The van der Waals surface area contributed by atoms with Crippen LogP contribution in [0, 0.1) is 12.8 Å². The Labute approximate surface area is 97.4 Å². The SMILES string of the molecule is Cc1c(N)cccc1N(CC1CC1)C1CC1. The highest BCUT2D eigenvalue weighted by Gasteiger charge is 2.34. The molecule has 0 heterocycles. The van der Waals surface area contributed by atoms with Crippen molar-refractivity contribution in [3.8, 4) is 0 Å². The molecule has 1 aromatic rings. The van der Waals surface area contributed by atoms with E-state index in [2.05, 4.69) is 24.0 Å². The van der Waals surface area contributed by atoms with Gasteiger partial charge in [-0.25, -0.2) is 0 Å². The molecule has 0 bridgehead atoms. The molecule has 0 unspecified atom stereocenters. The predicted octanol–water partition coefficient (Wildman–Crippen LogP) is 2.96. The molecule has 2 saturated carbocycles. The number of anilines is 2. The lowest BCUT2D eigenvalue weighted by molar-refractivity contribution is 0.717. The zero-order valence-electron chi connectivity index (χ0n) is 9.95. The monoisotopic (exact) mass is 216 g/mol. The maximum absolute atomic E-state index is 6.00. The third-order valence-electron chi connectivity index (χ3n) is 3.80. The van der Waals surface area contributed by atoms with E-state index in [9.17, 15) is 0 Å². The molecular formula is C14H20N2. The second-order valence-electron chi connectivity index (χ2n) is 5.32. The third kappa shape index (κ3) is 1.89.